The average Bonchev–Trinajstić information content (AvgIpc) is 2.86. The molecule has 0 radical (unpaired) electrons. The molecule has 3 atom stereocenters. The number of hydrogen-bond acceptors (Lipinski definition) is 3. The summed E-state index contributed by atoms with van der Waals surface area (Å²) in [6.07, 6.45) is 5.55. The standard InChI is InChI=1S/C15H24N2O/c1-4-15-12(7-9-18-15)14(16-3)10-13-11(2)6-5-8-17-13/h5-6,8,12,14-16H,4,7,9-10H2,1-3H3. The van der Waals surface area contributed by atoms with Crippen LogP contribution in [0.4, 0.5) is 0 Å². The molecule has 1 fully saturated rings. The van der Waals surface area contributed by atoms with Crippen LogP contribution in [0.5, 0.6) is 0 Å². The second kappa shape index (κ2) is 6.30. The topological polar surface area (TPSA) is 34.1 Å². The van der Waals surface area contributed by atoms with E-state index < -0.39 is 0 Å². The first-order valence-electron chi connectivity index (χ1n) is 6.95. The molecule has 0 amide bonds. The third kappa shape index (κ3) is 2.90. The van der Waals surface area contributed by atoms with Gasteiger partial charge in [-0.25, -0.2) is 0 Å². The lowest BCUT2D eigenvalue weighted by atomic mass is 9.88. The van der Waals surface area contributed by atoms with Crippen molar-refractivity contribution in [1.82, 2.24) is 10.3 Å². The molecule has 3 heteroatoms. The third-order valence-electron chi connectivity index (χ3n) is 4.08. The van der Waals surface area contributed by atoms with Crippen LogP contribution in [-0.4, -0.2) is 30.8 Å². The molecule has 1 saturated heterocycles. The lowest BCUT2D eigenvalue weighted by Gasteiger charge is -2.27. The lowest BCUT2D eigenvalue weighted by Crippen LogP contribution is -2.39. The van der Waals surface area contributed by atoms with E-state index >= 15 is 0 Å². The Balaban J connectivity index is 2.07. The Morgan fingerprint density at radius 1 is 1.56 bits per heavy atom. The monoisotopic (exact) mass is 248 g/mol. The Kier molecular flexibility index (Phi) is 4.72. The number of likely N-dealkylation sites (N-methyl/N-ethyl adjacent to an activating group) is 1. The summed E-state index contributed by atoms with van der Waals surface area (Å²) in [7, 11) is 2.05. The van der Waals surface area contributed by atoms with Gasteiger partial charge in [0.25, 0.3) is 0 Å². The Labute approximate surface area is 110 Å². The van der Waals surface area contributed by atoms with E-state index in [-0.39, 0.29) is 0 Å². The number of rotatable bonds is 5. The molecule has 1 aromatic heterocycles. The summed E-state index contributed by atoms with van der Waals surface area (Å²) < 4.78 is 5.81. The maximum absolute atomic E-state index is 5.81. The molecule has 18 heavy (non-hydrogen) atoms. The molecule has 0 aliphatic carbocycles. The second-order valence-corrected chi connectivity index (χ2v) is 5.14. The average molecular weight is 248 g/mol. The van der Waals surface area contributed by atoms with Gasteiger partial charge in [-0.1, -0.05) is 13.0 Å². The van der Waals surface area contributed by atoms with Crippen molar-refractivity contribution >= 4 is 0 Å². The highest BCUT2D eigenvalue weighted by molar-refractivity contribution is 5.19. The zero-order valence-electron chi connectivity index (χ0n) is 11.6. The van der Waals surface area contributed by atoms with Gasteiger partial charge in [0.05, 0.1) is 6.10 Å². The van der Waals surface area contributed by atoms with E-state index in [4.69, 9.17) is 4.74 Å². The van der Waals surface area contributed by atoms with Crippen molar-refractivity contribution in [2.75, 3.05) is 13.7 Å². The molecule has 100 valence electrons. The molecule has 0 spiro atoms. The van der Waals surface area contributed by atoms with E-state index in [0.717, 1.165) is 25.9 Å². The smallest absolute Gasteiger partial charge is 0.0616 e. The maximum atomic E-state index is 5.81. The summed E-state index contributed by atoms with van der Waals surface area (Å²) in [5.74, 6) is 0.612. The molecule has 1 aliphatic heterocycles. The Morgan fingerprint density at radius 3 is 3.06 bits per heavy atom. The minimum Gasteiger partial charge on any atom is -0.378 e. The van der Waals surface area contributed by atoms with Crippen LogP contribution in [0.3, 0.4) is 0 Å². The Hall–Kier alpha value is -0.930. The minimum absolute atomic E-state index is 0.409. The molecule has 0 saturated carbocycles. The van der Waals surface area contributed by atoms with Crippen molar-refractivity contribution in [2.45, 2.75) is 45.3 Å². The Morgan fingerprint density at radius 2 is 2.39 bits per heavy atom. The fourth-order valence-corrected chi connectivity index (χ4v) is 2.95. The number of ether oxygens (including phenoxy) is 1. The van der Waals surface area contributed by atoms with Crippen LogP contribution < -0.4 is 5.32 Å². The van der Waals surface area contributed by atoms with Crippen molar-refractivity contribution in [3.8, 4) is 0 Å². The molecule has 1 N–H and O–H groups in total. The maximum Gasteiger partial charge on any atom is 0.0616 e. The first-order valence-corrected chi connectivity index (χ1v) is 6.95. The van der Waals surface area contributed by atoms with Gasteiger partial charge in [-0.3, -0.25) is 4.98 Å². The van der Waals surface area contributed by atoms with E-state index in [9.17, 15) is 0 Å². The fourth-order valence-electron chi connectivity index (χ4n) is 2.95. The van der Waals surface area contributed by atoms with Gasteiger partial charge in [0.2, 0.25) is 0 Å². The molecule has 2 heterocycles. The number of nitrogens with one attached hydrogen (secondary N) is 1. The number of aryl methyl sites for hydroxylation is 1. The molecule has 1 aromatic rings. The van der Waals surface area contributed by atoms with Crippen LogP contribution >= 0.6 is 0 Å². The lowest BCUT2D eigenvalue weighted by molar-refractivity contribution is 0.0782. The van der Waals surface area contributed by atoms with Crippen molar-refractivity contribution < 1.29 is 4.74 Å². The predicted molar refractivity (Wildman–Crippen MR) is 73.7 cm³/mol. The first-order chi connectivity index (χ1) is 8.76. The third-order valence-corrected chi connectivity index (χ3v) is 4.08. The van der Waals surface area contributed by atoms with E-state index in [2.05, 4.69) is 30.2 Å². The van der Waals surface area contributed by atoms with Gasteiger partial charge in [-0.05, 0) is 38.4 Å². The normalized spacial score (nSPS) is 25.3. The van der Waals surface area contributed by atoms with Crippen LogP contribution in [0.2, 0.25) is 0 Å². The molecule has 0 aromatic carbocycles. The van der Waals surface area contributed by atoms with Gasteiger partial charge in [0.1, 0.15) is 0 Å². The number of pyridine rings is 1. The molecule has 3 nitrogen and oxygen atoms in total. The summed E-state index contributed by atoms with van der Waals surface area (Å²) in [4.78, 5) is 4.51. The largest absolute Gasteiger partial charge is 0.378 e. The van der Waals surface area contributed by atoms with Crippen LogP contribution in [0.25, 0.3) is 0 Å². The van der Waals surface area contributed by atoms with Gasteiger partial charge >= 0.3 is 0 Å². The zero-order chi connectivity index (χ0) is 13.0. The van der Waals surface area contributed by atoms with Crippen molar-refractivity contribution in [3.05, 3.63) is 29.6 Å². The van der Waals surface area contributed by atoms with E-state index in [1.807, 2.05) is 19.3 Å². The SMILES string of the molecule is CCC1OCCC1C(Cc1ncccc1C)NC. The summed E-state index contributed by atoms with van der Waals surface area (Å²) in [6.45, 7) is 5.25. The van der Waals surface area contributed by atoms with Gasteiger partial charge in [-0.15, -0.1) is 0 Å². The van der Waals surface area contributed by atoms with E-state index in [0.29, 0.717) is 18.1 Å². The molecule has 0 bridgehead atoms. The van der Waals surface area contributed by atoms with Crippen molar-refractivity contribution in [2.24, 2.45) is 5.92 Å². The highest BCUT2D eigenvalue weighted by Gasteiger charge is 2.33. The predicted octanol–water partition coefficient (Wildman–Crippen LogP) is 2.34. The van der Waals surface area contributed by atoms with Crippen molar-refractivity contribution in [1.29, 1.82) is 0 Å². The van der Waals surface area contributed by atoms with Crippen LogP contribution in [0.1, 0.15) is 31.0 Å². The Bertz CT molecular complexity index is 381. The van der Waals surface area contributed by atoms with Crippen LogP contribution in [0, 0.1) is 12.8 Å². The second-order valence-electron chi connectivity index (χ2n) is 5.14. The van der Waals surface area contributed by atoms with E-state index in [1.165, 1.54) is 11.3 Å². The first kappa shape index (κ1) is 13.5. The summed E-state index contributed by atoms with van der Waals surface area (Å²) >= 11 is 0. The fraction of sp³-hybridized carbons (Fsp3) is 0.667. The minimum atomic E-state index is 0.409. The molecule has 2 rings (SSSR count). The summed E-state index contributed by atoms with van der Waals surface area (Å²) in [5.41, 5.74) is 2.49. The van der Waals surface area contributed by atoms with E-state index in [1.54, 1.807) is 0 Å². The van der Waals surface area contributed by atoms with Crippen LogP contribution in [-0.2, 0) is 11.2 Å². The molecule has 1 aliphatic rings. The highest BCUT2D eigenvalue weighted by Crippen LogP contribution is 2.28. The van der Waals surface area contributed by atoms with Gasteiger partial charge in [0.15, 0.2) is 0 Å². The number of nitrogens with zero attached hydrogens (tertiary/aromatic N) is 1. The summed E-state index contributed by atoms with van der Waals surface area (Å²) in [6, 6.07) is 4.60. The number of hydrogen-bond donors (Lipinski definition) is 1. The molecule has 3 unspecified atom stereocenters. The van der Waals surface area contributed by atoms with Gasteiger partial charge in [0, 0.05) is 36.9 Å². The van der Waals surface area contributed by atoms with Gasteiger partial charge in [-0.2, -0.15) is 0 Å². The zero-order valence-corrected chi connectivity index (χ0v) is 11.6. The summed E-state index contributed by atoms with van der Waals surface area (Å²) in [5, 5.41) is 3.46. The van der Waals surface area contributed by atoms with Crippen molar-refractivity contribution in [3.63, 3.8) is 0 Å². The molecular formula is C15H24N2O. The highest BCUT2D eigenvalue weighted by atomic mass is 16.5. The number of aromatic nitrogens is 1. The quantitative estimate of drug-likeness (QED) is 0.868. The molecular weight excluding hydrogens is 224 g/mol. The van der Waals surface area contributed by atoms with Gasteiger partial charge < -0.3 is 10.1 Å². The van der Waals surface area contributed by atoms with Crippen LogP contribution in [0.15, 0.2) is 18.3 Å².